The van der Waals surface area contributed by atoms with E-state index in [1.54, 1.807) is 12.1 Å². The van der Waals surface area contributed by atoms with Gasteiger partial charge >= 0.3 is 0 Å². The topological polar surface area (TPSA) is 89.3 Å². The number of aryl methyl sites for hydroxylation is 1. The molecule has 2 rings (SSSR count). The Morgan fingerprint density at radius 3 is 2.45 bits per heavy atom. The van der Waals surface area contributed by atoms with Gasteiger partial charge in [-0.1, -0.05) is 37.3 Å². The molecule has 5 nitrogen and oxygen atoms in total. The number of carbonyl (C=O) groups excluding carboxylic acids is 1. The average Bonchev–Trinajstić information content (AvgIpc) is 2.97. The predicted octanol–water partition coefficient (Wildman–Crippen LogP) is 1.69. The number of nitrogens with two attached hydrogens (primary N) is 1. The molecule has 1 amide bonds. The zero-order valence-electron chi connectivity index (χ0n) is 12.2. The lowest BCUT2D eigenvalue weighted by Crippen LogP contribution is -2.45. The molecule has 0 fully saturated rings. The fourth-order valence-corrected chi connectivity index (χ4v) is 4.50. The molecule has 1 aromatic carbocycles. The maximum Gasteiger partial charge on any atom is 0.250 e. The number of nitrogens with one attached hydrogen (secondary N) is 1. The molecule has 1 aromatic heterocycles. The van der Waals surface area contributed by atoms with E-state index in [1.807, 2.05) is 37.3 Å². The van der Waals surface area contributed by atoms with Gasteiger partial charge in [0.1, 0.15) is 10.3 Å². The van der Waals surface area contributed by atoms with Crippen molar-refractivity contribution in [3.05, 3.63) is 52.9 Å². The first-order valence-electron chi connectivity index (χ1n) is 6.86. The van der Waals surface area contributed by atoms with E-state index in [9.17, 15) is 13.2 Å². The highest BCUT2D eigenvalue weighted by Gasteiger charge is 2.25. The van der Waals surface area contributed by atoms with Crippen LogP contribution in [0.1, 0.15) is 17.4 Å². The van der Waals surface area contributed by atoms with Crippen LogP contribution in [0.4, 0.5) is 0 Å². The Labute approximate surface area is 134 Å². The minimum absolute atomic E-state index is 0.198. The lowest BCUT2D eigenvalue weighted by Gasteiger charge is -2.15. The number of carbonyl (C=O) groups is 1. The van der Waals surface area contributed by atoms with E-state index in [0.29, 0.717) is 0 Å². The highest BCUT2D eigenvalue weighted by atomic mass is 32.2. The third kappa shape index (κ3) is 4.16. The minimum Gasteiger partial charge on any atom is -0.368 e. The SMILES string of the molecule is CCc1ccc(S(=O)(=O)NC(Cc2ccccc2)C(N)=O)s1. The summed E-state index contributed by atoms with van der Waals surface area (Å²) in [5.74, 6) is -0.695. The van der Waals surface area contributed by atoms with Crippen LogP contribution in [0.25, 0.3) is 0 Å². The van der Waals surface area contributed by atoms with Gasteiger partial charge in [-0.05, 0) is 30.5 Å². The lowest BCUT2D eigenvalue weighted by atomic mass is 10.1. The Morgan fingerprint density at radius 2 is 1.91 bits per heavy atom. The van der Waals surface area contributed by atoms with Crippen molar-refractivity contribution in [3.63, 3.8) is 0 Å². The molecule has 0 spiro atoms. The Hall–Kier alpha value is -1.70. The van der Waals surface area contributed by atoms with Gasteiger partial charge in [0.15, 0.2) is 0 Å². The van der Waals surface area contributed by atoms with Gasteiger partial charge in [-0.25, -0.2) is 8.42 Å². The van der Waals surface area contributed by atoms with Crippen molar-refractivity contribution < 1.29 is 13.2 Å². The fraction of sp³-hybridized carbons (Fsp3) is 0.267. The number of hydrogen-bond acceptors (Lipinski definition) is 4. The largest absolute Gasteiger partial charge is 0.368 e. The van der Waals surface area contributed by atoms with Gasteiger partial charge in [0, 0.05) is 4.88 Å². The van der Waals surface area contributed by atoms with E-state index in [1.165, 1.54) is 11.3 Å². The average molecular weight is 338 g/mol. The van der Waals surface area contributed by atoms with Crippen molar-refractivity contribution >= 4 is 27.3 Å². The molecule has 7 heteroatoms. The maximum absolute atomic E-state index is 12.4. The summed E-state index contributed by atoms with van der Waals surface area (Å²) in [6.07, 6.45) is 0.991. The number of primary amides is 1. The van der Waals surface area contributed by atoms with Gasteiger partial charge in [0.2, 0.25) is 5.91 Å². The monoisotopic (exact) mass is 338 g/mol. The van der Waals surface area contributed by atoms with E-state index in [2.05, 4.69) is 4.72 Å². The van der Waals surface area contributed by atoms with Gasteiger partial charge in [0.05, 0.1) is 0 Å². The number of amides is 1. The smallest absolute Gasteiger partial charge is 0.250 e. The second kappa shape index (κ2) is 7.04. The summed E-state index contributed by atoms with van der Waals surface area (Å²) >= 11 is 1.20. The van der Waals surface area contributed by atoms with Gasteiger partial charge in [0.25, 0.3) is 10.0 Å². The van der Waals surface area contributed by atoms with E-state index in [0.717, 1.165) is 16.9 Å². The Balaban J connectivity index is 2.18. The summed E-state index contributed by atoms with van der Waals surface area (Å²) < 4.78 is 27.3. The number of rotatable bonds is 7. The molecule has 0 saturated carbocycles. The van der Waals surface area contributed by atoms with E-state index in [-0.39, 0.29) is 10.6 Å². The minimum atomic E-state index is -3.75. The molecule has 3 N–H and O–H groups in total. The second-order valence-corrected chi connectivity index (χ2v) is 7.95. The zero-order valence-corrected chi connectivity index (χ0v) is 13.8. The molecule has 1 atom stereocenters. The van der Waals surface area contributed by atoms with Crippen LogP contribution in [0.15, 0.2) is 46.7 Å². The third-order valence-electron chi connectivity index (χ3n) is 3.17. The zero-order chi connectivity index (χ0) is 16.2. The third-order valence-corrected chi connectivity index (χ3v) is 6.37. The number of benzene rings is 1. The molecule has 1 heterocycles. The molecule has 1 unspecified atom stereocenters. The summed E-state index contributed by atoms with van der Waals surface area (Å²) in [4.78, 5) is 12.5. The highest BCUT2D eigenvalue weighted by molar-refractivity contribution is 7.91. The van der Waals surface area contributed by atoms with Gasteiger partial charge in [-0.3, -0.25) is 4.79 Å². The van der Waals surface area contributed by atoms with Crippen LogP contribution in [0.2, 0.25) is 0 Å². The molecular formula is C15H18N2O3S2. The standard InChI is InChI=1S/C15H18N2O3S2/c1-2-12-8-9-14(21-12)22(19,20)17-13(15(16)18)10-11-6-4-3-5-7-11/h3-9,13,17H,2,10H2,1H3,(H2,16,18). The molecule has 118 valence electrons. The molecule has 0 bridgehead atoms. The second-order valence-electron chi connectivity index (χ2n) is 4.84. The van der Waals surface area contributed by atoms with Gasteiger partial charge in [-0.15, -0.1) is 11.3 Å². The number of sulfonamides is 1. The summed E-state index contributed by atoms with van der Waals surface area (Å²) in [6, 6.07) is 11.5. The first-order chi connectivity index (χ1) is 10.4. The molecule has 0 aliphatic carbocycles. The summed E-state index contributed by atoms with van der Waals surface area (Å²) in [7, 11) is -3.75. The van der Waals surface area contributed by atoms with Crippen molar-refractivity contribution in [3.8, 4) is 0 Å². The quantitative estimate of drug-likeness (QED) is 0.805. The predicted molar refractivity (Wildman–Crippen MR) is 87.1 cm³/mol. The molecule has 2 aromatic rings. The van der Waals surface area contributed by atoms with Gasteiger partial charge in [-0.2, -0.15) is 4.72 Å². The molecule has 0 aliphatic heterocycles. The number of hydrogen-bond donors (Lipinski definition) is 2. The van der Waals surface area contributed by atoms with Crippen LogP contribution in [-0.4, -0.2) is 20.4 Å². The summed E-state index contributed by atoms with van der Waals surface area (Å²) in [6.45, 7) is 1.96. The Bertz CT molecular complexity index is 739. The summed E-state index contributed by atoms with van der Waals surface area (Å²) in [5.41, 5.74) is 6.18. The Morgan fingerprint density at radius 1 is 1.23 bits per heavy atom. The van der Waals surface area contributed by atoms with Crippen LogP contribution in [0.5, 0.6) is 0 Å². The lowest BCUT2D eigenvalue weighted by molar-refractivity contribution is -0.119. The van der Waals surface area contributed by atoms with Crippen LogP contribution in [0, 0.1) is 0 Å². The highest BCUT2D eigenvalue weighted by Crippen LogP contribution is 2.22. The van der Waals surface area contributed by atoms with Crippen molar-refractivity contribution in [1.29, 1.82) is 0 Å². The van der Waals surface area contributed by atoms with Crippen molar-refractivity contribution in [1.82, 2.24) is 4.72 Å². The molecule has 0 radical (unpaired) electrons. The normalized spacial score (nSPS) is 13.0. The van der Waals surface area contributed by atoms with Crippen molar-refractivity contribution in [2.24, 2.45) is 5.73 Å². The van der Waals surface area contributed by atoms with Crippen LogP contribution < -0.4 is 10.5 Å². The summed E-state index contributed by atoms with van der Waals surface area (Å²) in [5, 5.41) is 0. The Kier molecular flexibility index (Phi) is 5.33. The van der Waals surface area contributed by atoms with Crippen LogP contribution in [-0.2, 0) is 27.7 Å². The van der Waals surface area contributed by atoms with E-state index in [4.69, 9.17) is 5.73 Å². The molecule has 0 aliphatic rings. The molecular weight excluding hydrogens is 320 g/mol. The van der Waals surface area contributed by atoms with Crippen molar-refractivity contribution in [2.45, 2.75) is 30.0 Å². The van der Waals surface area contributed by atoms with Crippen LogP contribution in [0.3, 0.4) is 0 Å². The first-order valence-corrected chi connectivity index (χ1v) is 9.16. The van der Waals surface area contributed by atoms with Crippen LogP contribution >= 0.6 is 11.3 Å². The van der Waals surface area contributed by atoms with E-state index < -0.39 is 22.0 Å². The maximum atomic E-state index is 12.4. The first kappa shape index (κ1) is 16.7. The molecule has 22 heavy (non-hydrogen) atoms. The van der Waals surface area contributed by atoms with E-state index >= 15 is 0 Å². The van der Waals surface area contributed by atoms with Crippen molar-refractivity contribution in [2.75, 3.05) is 0 Å². The van der Waals surface area contributed by atoms with Gasteiger partial charge < -0.3 is 5.73 Å². The fourth-order valence-electron chi connectivity index (χ4n) is 1.99. The number of thiophene rings is 1. The molecule has 0 saturated heterocycles.